The summed E-state index contributed by atoms with van der Waals surface area (Å²) in [5, 5.41) is 12.3. The van der Waals surface area contributed by atoms with E-state index in [1.54, 1.807) is 6.07 Å². The highest BCUT2D eigenvalue weighted by molar-refractivity contribution is 5.49. The average molecular weight is 241 g/mol. The van der Waals surface area contributed by atoms with Gasteiger partial charge in [-0.2, -0.15) is 0 Å². The maximum atomic E-state index is 13.2. The Bertz CT molecular complexity index is 388. The Morgan fingerprint density at radius 2 is 2.24 bits per heavy atom. The minimum Gasteiger partial charge on any atom is -0.497 e. The molecule has 5 heteroatoms. The molecule has 0 unspecified atom stereocenters. The highest BCUT2D eigenvalue weighted by atomic mass is 19.1. The molecule has 1 aromatic rings. The first-order valence-corrected chi connectivity index (χ1v) is 5.44. The maximum absolute atomic E-state index is 13.2. The van der Waals surface area contributed by atoms with Crippen LogP contribution in [0.4, 0.5) is 10.1 Å². The second kappa shape index (κ2) is 4.89. The molecule has 1 aromatic carbocycles. The van der Waals surface area contributed by atoms with E-state index in [-0.39, 0.29) is 17.8 Å². The van der Waals surface area contributed by atoms with Crippen LogP contribution >= 0.6 is 0 Å². The highest BCUT2D eigenvalue weighted by Crippen LogP contribution is 2.28. The first-order chi connectivity index (χ1) is 8.17. The average Bonchev–Trinajstić information content (AvgIpc) is 2.27. The number of benzene rings is 1. The monoisotopic (exact) mass is 241 g/mol. The summed E-state index contributed by atoms with van der Waals surface area (Å²) >= 11 is 0. The molecule has 0 radical (unpaired) electrons. The highest BCUT2D eigenvalue weighted by Gasteiger charge is 2.37. The maximum Gasteiger partial charge on any atom is 0.128 e. The first-order valence-electron chi connectivity index (χ1n) is 5.44. The van der Waals surface area contributed by atoms with Gasteiger partial charge in [-0.1, -0.05) is 0 Å². The van der Waals surface area contributed by atoms with Crippen molar-refractivity contribution in [3.8, 4) is 5.75 Å². The van der Waals surface area contributed by atoms with Crippen LogP contribution < -0.4 is 10.1 Å². The van der Waals surface area contributed by atoms with Gasteiger partial charge in [-0.15, -0.1) is 0 Å². The number of aliphatic hydroxyl groups excluding tert-OH is 1. The fourth-order valence-electron chi connectivity index (χ4n) is 1.71. The van der Waals surface area contributed by atoms with Gasteiger partial charge in [0.05, 0.1) is 32.3 Å². The lowest BCUT2D eigenvalue weighted by Gasteiger charge is -2.40. The number of rotatable bonds is 5. The van der Waals surface area contributed by atoms with Crippen LogP contribution in [0.5, 0.6) is 5.75 Å². The van der Waals surface area contributed by atoms with Gasteiger partial charge in [-0.3, -0.25) is 0 Å². The van der Waals surface area contributed by atoms with Crippen molar-refractivity contribution in [1.29, 1.82) is 0 Å². The zero-order valence-electron chi connectivity index (χ0n) is 9.70. The van der Waals surface area contributed by atoms with Gasteiger partial charge in [0.1, 0.15) is 11.6 Å². The normalized spacial score (nSPS) is 17.4. The molecule has 1 aliphatic rings. The molecule has 0 amide bonds. The van der Waals surface area contributed by atoms with Gasteiger partial charge in [-0.25, -0.2) is 4.39 Å². The summed E-state index contributed by atoms with van der Waals surface area (Å²) < 4.78 is 23.3. The van der Waals surface area contributed by atoms with Crippen LogP contribution in [0.25, 0.3) is 0 Å². The van der Waals surface area contributed by atoms with Crippen LogP contribution in [0, 0.1) is 11.2 Å². The molecule has 1 fully saturated rings. The van der Waals surface area contributed by atoms with Gasteiger partial charge in [0.2, 0.25) is 0 Å². The Balaban J connectivity index is 2.01. The third-order valence-electron chi connectivity index (χ3n) is 2.93. The molecule has 0 atom stereocenters. The van der Waals surface area contributed by atoms with Gasteiger partial charge in [0.25, 0.3) is 0 Å². The summed E-state index contributed by atoms with van der Waals surface area (Å²) in [5.74, 6) is 0.116. The Kier molecular flexibility index (Phi) is 3.49. The molecule has 0 spiro atoms. The van der Waals surface area contributed by atoms with E-state index in [1.807, 2.05) is 0 Å². The van der Waals surface area contributed by atoms with Crippen molar-refractivity contribution >= 4 is 5.69 Å². The van der Waals surface area contributed by atoms with Crippen LogP contribution in [0.15, 0.2) is 18.2 Å². The Morgan fingerprint density at radius 3 is 2.76 bits per heavy atom. The van der Waals surface area contributed by atoms with E-state index in [4.69, 9.17) is 9.47 Å². The molecule has 0 bridgehead atoms. The second-order valence-electron chi connectivity index (χ2n) is 4.38. The Morgan fingerprint density at radius 1 is 1.47 bits per heavy atom. The van der Waals surface area contributed by atoms with Crippen LogP contribution in [0.2, 0.25) is 0 Å². The van der Waals surface area contributed by atoms with Crippen molar-refractivity contribution < 1.29 is 19.0 Å². The van der Waals surface area contributed by atoms with Gasteiger partial charge in [0.15, 0.2) is 0 Å². The molecule has 94 valence electrons. The summed E-state index contributed by atoms with van der Waals surface area (Å²) in [4.78, 5) is 0. The lowest BCUT2D eigenvalue weighted by atomic mass is 9.87. The third kappa shape index (κ3) is 2.68. The van der Waals surface area contributed by atoms with Crippen LogP contribution in [0.1, 0.15) is 0 Å². The first kappa shape index (κ1) is 12.1. The lowest BCUT2D eigenvalue weighted by molar-refractivity contribution is -0.128. The smallest absolute Gasteiger partial charge is 0.128 e. The summed E-state index contributed by atoms with van der Waals surface area (Å²) in [6, 6.07) is 4.43. The van der Waals surface area contributed by atoms with E-state index in [0.29, 0.717) is 31.2 Å². The molecule has 1 heterocycles. The molecular formula is C12H16FNO3. The van der Waals surface area contributed by atoms with E-state index in [2.05, 4.69) is 5.32 Å². The summed E-state index contributed by atoms with van der Waals surface area (Å²) in [6.07, 6.45) is 0. The number of hydrogen-bond donors (Lipinski definition) is 2. The van der Waals surface area contributed by atoms with Crippen LogP contribution in [0.3, 0.4) is 0 Å². The van der Waals surface area contributed by atoms with E-state index in [0.717, 1.165) is 0 Å². The van der Waals surface area contributed by atoms with Crippen molar-refractivity contribution in [2.45, 2.75) is 0 Å². The standard InChI is InChI=1S/C12H16FNO3/c1-16-11-3-9(13)2-10(4-11)14-5-12(6-15)7-17-8-12/h2-4,14-15H,5-8H2,1H3. The van der Waals surface area contributed by atoms with Gasteiger partial charge < -0.3 is 19.9 Å². The number of hydrogen-bond acceptors (Lipinski definition) is 4. The number of halogens is 1. The molecule has 0 saturated carbocycles. The third-order valence-corrected chi connectivity index (χ3v) is 2.93. The van der Waals surface area contributed by atoms with Crippen LogP contribution in [-0.4, -0.2) is 38.6 Å². The fourth-order valence-corrected chi connectivity index (χ4v) is 1.71. The van der Waals surface area contributed by atoms with Crippen molar-refractivity contribution in [3.05, 3.63) is 24.0 Å². The summed E-state index contributed by atoms with van der Waals surface area (Å²) in [6.45, 7) is 1.68. The number of nitrogens with one attached hydrogen (secondary N) is 1. The van der Waals surface area contributed by atoms with Gasteiger partial charge in [0, 0.05) is 24.4 Å². The molecule has 17 heavy (non-hydrogen) atoms. The molecule has 2 rings (SSSR count). The van der Waals surface area contributed by atoms with E-state index in [9.17, 15) is 9.50 Å². The van der Waals surface area contributed by atoms with Gasteiger partial charge in [-0.05, 0) is 6.07 Å². The minimum absolute atomic E-state index is 0.0620. The molecule has 1 saturated heterocycles. The summed E-state index contributed by atoms with van der Waals surface area (Å²) in [5.41, 5.74) is 0.404. The summed E-state index contributed by atoms with van der Waals surface area (Å²) in [7, 11) is 1.49. The molecule has 1 aliphatic heterocycles. The second-order valence-corrected chi connectivity index (χ2v) is 4.38. The van der Waals surface area contributed by atoms with Crippen molar-refractivity contribution in [2.75, 3.05) is 38.8 Å². The van der Waals surface area contributed by atoms with E-state index >= 15 is 0 Å². The number of methoxy groups -OCH3 is 1. The molecule has 2 N–H and O–H groups in total. The largest absolute Gasteiger partial charge is 0.497 e. The molecule has 0 aliphatic carbocycles. The topological polar surface area (TPSA) is 50.7 Å². The number of ether oxygens (including phenoxy) is 2. The fraction of sp³-hybridized carbons (Fsp3) is 0.500. The van der Waals surface area contributed by atoms with Crippen molar-refractivity contribution in [3.63, 3.8) is 0 Å². The predicted octanol–water partition coefficient (Wildman–Crippen LogP) is 1.26. The Labute approximate surface area is 99.4 Å². The zero-order valence-corrected chi connectivity index (χ0v) is 9.70. The van der Waals surface area contributed by atoms with Gasteiger partial charge >= 0.3 is 0 Å². The molecular weight excluding hydrogens is 225 g/mol. The minimum atomic E-state index is -0.352. The molecule has 0 aromatic heterocycles. The number of anilines is 1. The quantitative estimate of drug-likeness (QED) is 0.814. The molecule has 4 nitrogen and oxygen atoms in total. The number of aliphatic hydroxyl groups is 1. The predicted molar refractivity (Wildman–Crippen MR) is 61.8 cm³/mol. The lowest BCUT2D eigenvalue weighted by Crippen LogP contribution is -2.50. The van der Waals surface area contributed by atoms with Crippen molar-refractivity contribution in [1.82, 2.24) is 0 Å². The van der Waals surface area contributed by atoms with E-state index < -0.39 is 0 Å². The Hall–Kier alpha value is -1.33. The van der Waals surface area contributed by atoms with E-state index in [1.165, 1.54) is 19.2 Å². The van der Waals surface area contributed by atoms with Crippen LogP contribution in [-0.2, 0) is 4.74 Å². The zero-order chi connectivity index (χ0) is 12.3. The SMILES string of the molecule is COc1cc(F)cc(NCC2(CO)COC2)c1. The van der Waals surface area contributed by atoms with Crippen molar-refractivity contribution in [2.24, 2.45) is 5.41 Å².